The Balaban J connectivity index is 1.84. The van der Waals surface area contributed by atoms with E-state index in [1.54, 1.807) is 4.90 Å². The Morgan fingerprint density at radius 3 is 2.38 bits per heavy atom. The van der Waals surface area contributed by atoms with Gasteiger partial charge in [0.15, 0.2) is 0 Å². The minimum absolute atomic E-state index is 0.219. The summed E-state index contributed by atoms with van der Waals surface area (Å²) in [5.41, 5.74) is -0.398. The maximum absolute atomic E-state index is 11.5. The molecule has 0 aromatic heterocycles. The Labute approximate surface area is 77.8 Å². The van der Waals surface area contributed by atoms with E-state index in [0.29, 0.717) is 13.1 Å². The largest absolute Gasteiger partial charge is 0.444 e. The molecule has 0 aromatic carbocycles. The first-order valence-corrected chi connectivity index (χ1v) is 4.59. The van der Waals surface area contributed by atoms with Crippen molar-refractivity contribution in [2.24, 2.45) is 0 Å². The molecule has 4 nitrogen and oxygen atoms in total. The lowest BCUT2D eigenvalue weighted by Gasteiger charge is -2.24. The van der Waals surface area contributed by atoms with Gasteiger partial charge in [0.1, 0.15) is 17.8 Å². The van der Waals surface area contributed by atoms with E-state index in [0.717, 1.165) is 0 Å². The summed E-state index contributed by atoms with van der Waals surface area (Å²) in [6, 6.07) is 0. The van der Waals surface area contributed by atoms with Gasteiger partial charge in [-0.15, -0.1) is 0 Å². The van der Waals surface area contributed by atoms with Gasteiger partial charge in [-0.25, -0.2) is 4.79 Å². The number of morpholine rings is 1. The maximum atomic E-state index is 11.5. The number of epoxide rings is 1. The van der Waals surface area contributed by atoms with Crippen LogP contribution in [0.25, 0.3) is 0 Å². The Morgan fingerprint density at radius 1 is 1.38 bits per heavy atom. The minimum Gasteiger partial charge on any atom is -0.444 e. The number of hydrogen-bond donors (Lipinski definition) is 0. The van der Waals surface area contributed by atoms with Crippen molar-refractivity contribution in [3.8, 4) is 0 Å². The molecule has 13 heavy (non-hydrogen) atoms. The van der Waals surface area contributed by atoms with E-state index in [9.17, 15) is 4.79 Å². The smallest absolute Gasteiger partial charge is 0.410 e. The van der Waals surface area contributed by atoms with Crippen LogP contribution in [0.15, 0.2) is 0 Å². The fourth-order valence-electron chi connectivity index (χ4n) is 1.48. The number of carbonyl (C=O) groups is 1. The van der Waals surface area contributed by atoms with Crippen LogP contribution in [-0.2, 0) is 9.47 Å². The van der Waals surface area contributed by atoms with Crippen LogP contribution in [0.1, 0.15) is 20.8 Å². The summed E-state index contributed by atoms with van der Waals surface area (Å²) in [7, 11) is 0. The van der Waals surface area contributed by atoms with Crippen LogP contribution in [0, 0.1) is 0 Å². The molecule has 2 aliphatic rings. The van der Waals surface area contributed by atoms with Crippen molar-refractivity contribution < 1.29 is 14.3 Å². The Kier molecular flexibility index (Phi) is 1.77. The number of likely N-dealkylation sites (tertiary alicyclic amines) is 1. The molecule has 0 bridgehead atoms. The number of carbonyl (C=O) groups excluding carboxylic acids is 1. The lowest BCUT2D eigenvalue weighted by atomic mass is 10.2. The number of fused-ring (bicyclic) bond motifs is 1. The fourth-order valence-corrected chi connectivity index (χ4v) is 1.48. The molecule has 74 valence electrons. The average molecular weight is 185 g/mol. The molecule has 1 amide bonds. The van der Waals surface area contributed by atoms with Crippen LogP contribution in [0.4, 0.5) is 4.79 Å². The van der Waals surface area contributed by atoms with Crippen LogP contribution in [0.2, 0.25) is 0 Å². The van der Waals surface area contributed by atoms with Crippen molar-refractivity contribution in [1.29, 1.82) is 0 Å². The zero-order chi connectivity index (χ0) is 9.64. The lowest BCUT2D eigenvalue weighted by Crippen LogP contribution is -2.37. The summed E-state index contributed by atoms with van der Waals surface area (Å²) >= 11 is 0. The molecular weight excluding hydrogens is 170 g/mol. The monoisotopic (exact) mass is 185 g/mol. The van der Waals surface area contributed by atoms with Crippen LogP contribution < -0.4 is 0 Å². The molecule has 2 rings (SSSR count). The molecule has 2 fully saturated rings. The van der Waals surface area contributed by atoms with Gasteiger partial charge in [0.25, 0.3) is 0 Å². The van der Waals surface area contributed by atoms with E-state index in [1.807, 2.05) is 20.8 Å². The van der Waals surface area contributed by atoms with Gasteiger partial charge in [0.2, 0.25) is 0 Å². The van der Waals surface area contributed by atoms with Crippen molar-refractivity contribution in [2.75, 3.05) is 13.1 Å². The van der Waals surface area contributed by atoms with Gasteiger partial charge in [-0.2, -0.15) is 0 Å². The fraction of sp³-hybridized carbons (Fsp3) is 0.889. The number of amides is 1. The number of hydrogen-bond acceptors (Lipinski definition) is 3. The van der Waals surface area contributed by atoms with Gasteiger partial charge in [-0.05, 0) is 20.8 Å². The van der Waals surface area contributed by atoms with E-state index in [2.05, 4.69) is 0 Å². The molecule has 0 spiro atoms. The first-order valence-electron chi connectivity index (χ1n) is 4.59. The highest BCUT2D eigenvalue weighted by Gasteiger charge is 2.49. The standard InChI is InChI=1S/C9H15NO3/c1-9(2,3)13-8(11)10-4-6-7(5-10)12-6/h6-7H,4-5H2,1-3H3/t6-,7-/m1/s1. The molecule has 0 aliphatic carbocycles. The molecule has 0 aromatic rings. The van der Waals surface area contributed by atoms with E-state index < -0.39 is 5.60 Å². The van der Waals surface area contributed by atoms with Crippen molar-refractivity contribution in [2.45, 2.75) is 38.6 Å². The van der Waals surface area contributed by atoms with Crippen LogP contribution in [0.5, 0.6) is 0 Å². The second kappa shape index (κ2) is 2.61. The van der Waals surface area contributed by atoms with Gasteiger partial charge in [-0.1, -0.05) is 0 Å². The van der Waals surface area contributed by atoms with Gasteiger partial charge in [0.05, 0.1) is 13.1 Å². The SMILES string of the molecule is CC(C)(C)OC(=O)N1C[C@H]2O[C@@H]2C1. The Bertz CT molecular complexity index is 224. The molecule has 0 saturated carbocycles. The molecule has 0 unspecified atom stereocenters. The summed E-state index contributed by atoms with van der Waals surface area (Å²) in [5.74, 6) is 0. The highest BCUT2D eigenvalue weighted by atomic mass is 16.6. The second-order valence-corrected chi connectivity index (χ2v) is 4.60. The summed E-state index contributed by atoms with van der Waals surface area (Å²) in [6.45, 7) is 7.01. The lowest BCUT2D eigenvalue weighted by molar-refractivity contribution is 0.0230. The van der Waals surface area contributed by atoms with Crippen LogP contribution in [-0.4, -0.2) is 41.9 Å². The molecule has 0 radical (unpaired) electrons. The molecule has 2 heterocycles. The second-order valence-electron chi connectivity index (χ2n) is 4.60. The summed E-state index contributed by atoms with van der Waals surface area (Å²) in [4.78, 5) is 13.2. The summed E-state index contributed by atoms with van der Waals surface area (Å²) in [5, 5.41) is 0. The van der Waals surface area contributed by atoms with Crippen molar-refractivity contribution in [1.82, 2.24) is 4.90 Å². The molecule has 2 atom stereocenters. The van der Waals surface area contributed by atoms with Crippen molar-refractivity contribution in [3.05, 3.63) is 0 Å². The number of rotatable bonds is 0. The van der Waals surface area contributed by atoms with E-state index >= 15 is 0 Å². The predicted octanol–water partition coefficient (Wildman–Crippen LogP) is 1.00. The third-order valence-electron chi connectivity index (χ3n) is 2.14. The first kappa shape index (κ1) is 8.81. The summed E-state index contributed by atoms with van der Waals surface area (Å²) in [6.07, 6.45) is 0.350. The van der Waals surface area contributed by atoms with Crippen LogP contribution >= 0.6 is 0 Å². The Hall–Kier alpha value is -0.770. The summed E-state index contributed by atoms with van der Waals surface area (Å²) < 4.78 is 10.4. The van der Waals surface area contributed by atoms with Gasteiger partial charge >= 0.3 is 6.09 Å². The van der Waals surface area contributed by atoms with E-state index in [-0.39, 0.29) is 18.3 Å². The predicted molar refractivity (Wildman–Crippen MR) is 46.5 cm³/mol. The minimum atomic E-state index is -0.398. The number of nitrogens with zero attached hydrogens (tertiary/aromatic N) is 1. The van der Waals surface area contributed by atoms with Gasteiger partial charge in [-0.3, -0.25) is 0 Å². The van der Waals surface area contributed by atoms with Gasteiger partial charge < -0.3 is 14.4 Å². The molecule has 0 N–H and O–H groups in total. The molecular formula is C9H15NO3. The van der Waals surface area contributed by atoms with Gasteiger partial charge in [0, 0.05) is 0 Å². The van der Waals surface area contributed by atoms with Crippen LogP contribution in [0.3, 0.4) is 0 Å². The number of ether oxygens (including phenoxy) is 2. The zero-order valence-corrected chi connectivity index (χ0v) is 8.24. The third-order valence-corrected chi connectivity index (χ3v) is 2.14. The van der Waals surface area contributed by atoms with Crippen molar-refractivity contribution >= 4 is 6.09 Å². The maximum Gasteiger partial charge on any atom is 0.410 e. The highest BCUT2D eigenvalue weighted by Crippen LogP contribution is 2.31. The topological polar surface area (TPSA) is 42.1 Å². The molecule has 4 heteroatoms. The zero-order valence-electron chi connectivity index (χ0n) is 8.24. The normalized spacial score (nSPS) is 31.5. The Morgan fingerprint density at radius 2 is 1.92 bits per heavy atom. The molecule has 2 aliphatic heterocycles. The molecule has 2 saturated heterocycles. The quantitative estimate of drug-likeness (QED) is 0.529. The third kappa shape index (κ3) is 1.94. The van der Waals surface area contributed by atoms with E-state index in [1.165, 1.54) is 0 Å². The first-order chi connectivity index (χ1) is 5.96. The van der Waals surface area contributed by atoms with E-state index in [4.69, 9.17) is 9.47 Å². The highest BCUT2D eigenvalue weighted by molar-refractivity contribution is 5.69. The average Bonchev–Trinajstić information content (AvgIpc) is 2.55. The van der Waals surface area contributed by atoms with Crippen molar-refractivity contribution in [3.63, 3.8) is 0 Å².